The molecule has 2 aliphatic heterocycles. The molecule has 1 aromatic rings. The van der Waals surface area contributed by atoms with E-state index in [-0.39, 0.29) is 5.57 Å². The van der Waals surface area contributed by atoms with Crippen LogP contribution in [0.15, 0.2) is 52.5 Å². The Morgan fingerprint density at radius 3 is 2.63 bits per heavy atom. The Bertz CT molecular complexity index is 1000. The minimum Gasteiger partial charge on any atom is -0.496 e. The van der Waals surface area contributed by atoms with Gasteiger partial charge in [-0.25, -0.2) is 4.79 Å². The van der Waals surface area contributed by atoms with E-state index >= 15 is 0 Å². The first-order valence-electron chi connectivity index (χ1n) is 9.97. The molecule has 0 amide bonds. The van der Waals surface area contributed by atoms with Gasteiger partial charge < -0.3 is 24.8 Å². The quantitative estimate of drug-likeness (QED) is 0.743. The topological polar surface area (TPSA) is 94.8 Å². The summed E-state index contributed by atoms with van der Waals surface area (Å²) in [7, 11) is 1.53. The van der Waals surface area contributed by atoms with Crippen molar-refractivity contribution in [3.05, 3.63) is 63.6 Å². The number of hydrogen-bond acceptors (Lipinski definition) is 6. The first kappa shape index (κ1) is 21.5. The average Bonchev–Trinajstić information content (AvgIpc) is 2.74. The van der Waals surface area contributed by atoms with Crippen LogP contribution in [0.5, 0.6) is 5.75 Å². The number of benzene rings is 1. The molecular formula is C23H27N3O4. The van der Waals surface area contributed by atoms with Crippen LogP contribution >= 0.6 is 0 Å². The predicted molar refractivity (Wildman–Crippen MR) is 112 cm³/mol. The zero-order valence-corrected chi connectivity index (χ0v) is 17.9. The van der Waals surface area contributed by atoms with Crippen LogP contribution in [0, 0.1) is 11.3 Å². The highest BCUT2D eigenvalue weighted by Gasteiger charge is 2.43. The zero-order chi connectivity index (χ0) is 22.0. The lowest BCUT2D eigenvalue weighted by Gasteiger charge is -2.43. The van der Waals surface area contributed by atoms with Crippen LogP contribution in [-0.4, -0.2) is 42.5 Å². The van der Waals surface area contributed by atoms with Gasteiger partial charge >= 0.3 is 5.97 Å². The van der Waals surface area contributed by atoms with Gasteiger partial charge in [-0.15, -0.1) is 0 Å². The number of aliphatic carboxylic acids is 1. The lowest BCUT2D eigenvalue weighted by Crippen LogP contribution is -2.44. The summed E-state index contributed by atoms with van der Waals surface area (Å²) in [6, 6.07) is 7.22. The van der Waals surface area contributed by atoms with E-state index in [1.807, 2.05) is 38.8 Å². The zero-order valence-electron chi connectivity index (χ0n) is 17.9. The van der Waals surface area contributed by atoms with Gasteiger partial charge in [-0.1, -0.05) is 6.07 Å². The van der Waals surface area contributed by atoms with Gasteiger partial charge in [0.1, 0.15) is 5.75 Å². The number of methoxy groups -OCH3 is 1. The largest absolute Gasteiger partial charge is 0.496 e. The number of ether oxygens (including phenoxy) is 2. The number of likely N-dealkylation sites (N-methyl/N-ethyl adjacent to an activating group) is 1. The molecule has 0 aliphatic carbocycles. The number of carbonyl (C=O) groups is 1. The third-order valence-electron chi connectivity index (χ3n) is 5.60. The molecule has 0 radical (unpaired) electrons. The second-order valence-electron chi connectivity index (χ2n) is 7.18. The van der Waals surface area contributed by atoms with Crippen molar-refractivity contribution in [2.24, 2.45) is 0 Å². The highest BCUT2D eigenvalue weighted by atomic mass is 16.5. The summed E-state index contributed by atoms with van der Waals surface area (Å²) < 4.78 is 11.6. The first-order chi connectivity index (χ1) is 14.4. The Hall–Kier alpha value is -3.24. The van der Waals surface area contributed by atoms with Gasteiger partial charge in [0.25, 0.3) is 0 Å². The van der Waals surface area contributed by atoms with Crippen molar-refractivity contribution in [1.29, 1.82) is 5.26 Å². The summed E-state index contributed by atoms with van der Waals surface area (Å²) in [6.45, 7) is 8.84. The SMILES string of the molecule is CCOC1NC=C(C)C2=C1C(c1ccc(C#N)cc1OC)C(C(=O)O)=C(C)N2CC. The third kappa shape index (κ3) is 3.44. The molecule has 0 saturated heterocycles. The number of carboxylic acid groups (broad SMARTS) is 1. The number of dihydropyridines is 1. The van der Waals surface area contributed by atoms with Crippen molar-refractivity contribution in [2.75, 3.05) is 20.3 Å². The maximum Gasteiger partial charge on any atom is 0.334 e. The molecule has 7 heteroatoms. The molecule has 30 heavy (non-hydrogen) atoms. The van der Waals surface area contributed by atoms with Crippen molar-refractivity contribution in [1.82, 2.24) is 10.2 Å². The molecule has 3 rings (SSSR count). The van der Waals surface area contributed by atoms with E-state index in [2.05, 4.69) is 11.4 Å². The summed E-state index contributed by atoms with van der Waals surface area (Å²) in [5.41, 5.74) is 4.91. The lowest BCUT2D eigenvalue weighted by atomic mass is 9.76. The van der Waals surface area contributed by atoms with E-state index in [4.69, 9.17) is 9.47 Å². The minimum atomic E-state index is -0.989. The third-order valence-corrected chi connectivity index (χ3v) is 5.60. The lowest BCUT2D eigenvalue weighted by molar-refractivity contribution is -0.133. The molecule has 2 atom stereocenters. The number of allylic oxidation sites excluding steroid dienone is 2. The van der Waals surface area contributed by atoms with Gasteiger partial charge in [0.2, 0.25) is 0 Å². The highest BCUT2D eigenvalue weighted by Crippen LogP contribution is 2.48. The maximum absolute atomic E-state index is 12.5. The van der Waals surface area contributed by atoms with Crippen molar-refractivity contribution in [3.63, 3.8) is 0 Å². The first-order valence-corrected chi connectivity index (χ1v) is 9.97. The van der Waals surface area contributed by atoms with Gasteiger partial charge in [-0.05, 0) is 45.4 Å². The molecule has 2 unspecified atom stereocenters. The molecule has 0 bridgehead atoms. The fourth-order valence-electron chi connectivity index (χ4n) is 4.37. The Morgan fingerprint density at radius 1 is 1.33 bits per heavy atom. The van der Waals surface area contributed by atoms with Gasteiger partial charge in [0.05, 0.1) is 24.3 Å². The molecule has 7 nitrogen and oxygen atoms in total. The molecule has 0 aromatic heterocycles. The second kappa shape index (κ2) is 8.64. The smallest absolute Gasteiger partial charge is 0.334 e. The molecule has 0 spiro atoms. The highest BCUT2D eigenvalue weighted by molar-refractivity contribution is 5.91. The number of nitriles is 1. The standard InChI is InChI=1S/C23H27N3O4/c1-6-26-14(4)18(23(27)28)19(16-9-8-15(11-24)10-17(16)29-5)20-21(26)13(3)12-25-22(20)30-7-2/h8-10,12,19,22,25H,6-7H2,1-5H3,(H,27,28). The van der Waals surface area contributed by atoms with Crippen LogP contribution in [0.25, 0.3) is 0 Å². The van der Waals surface area contributed by atoms with E-state index < -0.39 is 18.1 Å². The van der Waals surface area contributed by atoms with Gasteiger partial charge in [0, 0.05) is 47.8 Å². The second-order valence-corrected chi connectivity index (χ2v) is 7.18. The van der Waals surface area contributed by atoms with Gasteiger partial charge in [-0.3, -0.25) is 0 Å². The van der Waals surface area contributed by atoms with Crippen LogP contribution in [0.4, 0.5) is 0 Å². The number of nitrogens with one attached hydrogen (secondary N) is 1. The molecular weight excluding hydrogens is 382 g/mol. The molecule has 2 heterocycles. The summed E-state index contributed by atoms with van der Waals surface area (Å²) in [6.07, 6.45) is 1.43. The Labute approximate surface area is 176 Å². The van der Waals surface area contributed by atoms with Crippen LogP contribution in [-0.2, 0) is 9.53 Å². The van der Waals surface area contributed by atoms with E-state index in [9.17, 15) is 15.2 Å². The monoisotopic (exact) mass is 409 g/mol. The number of rotatable bonds is 6. The average molecular weight is 409 g/mol. The van der Waals surface area contributed by atoms with Crippen LogP contribution < -0.4 is 10.1 Å². The number of nitrogens with zero attached hydrogens (tertiary/aromatic N) is 2. The van der Waals surface area contributed by atoms with Crippen LogP contribution in [0.1, 0.15) is 44.7 Å². The molecule has 1 aromatic carbocycles. The van der Waals surface area contributed by atoms with Crippen LogP contribution in [0.3, 0.4) is 0 Å². The summed E-state index contributed by atoms with van der Waals surface area (Å²) in [5.74, 6) is -1.10. The van der Waals surface area contributed by atoms with Gasteiger partial charge in [0.15, 0.2) is 6.23 Å². The molecule has 2 N–H and O–H groups in total. The van der Waals surface area contributed by atoms with E-state index in [1.165, 1.54) is 7.11 Å². The van der Waals surface area contributed by atoms with E-state index in [1.54, 1.807) is 18.2 Å². The molecule has 158 valence electrons. The molecule has 2 aliphatic rings. The predicted octanol–water partition coefficient (Wildman–Crippen LogP) is 3.47. The minimum absolute atomic E-state index is 0.278. The van der Waals surface area contributed by atoms with Crippen molar-refractivity contribution in [3.8, 4) is 11.8 Å². The fraction of sp³-hybridized carbons (Fsp3) is 0.391. The molecule has 0 fully saturated rings. The number of hydrogen-bond donors (Lipinski definition) is 2. The van der Waals surface area contributed by atoms with Crippen molar-refractivity contribution < 1.29 is 19.4 Å². The van der Waals surface area contributed by atoms with Crippen LogP contribution in [0.2, 0.25) is 0 Å². The van der Waals surface area contributed by atoms with E-state index in [0.29, 0.717) is 35.7 Å². The Morgan fingerprint density at radius 2 is 2.07 bits per heavy atom. The Kier molecular flexibility index (Phi) is 6.18. The summed E-state index contributed by atoms with van der Waals surface area (Å²) in [5, 5.41) is 22.8. The van der Waals surface area contributed by atoms with E-state index in [0.717, 1.165) is 16.8 Å². The molecule has 0 saturated carbocycles. The van der Waals surface area contributed by atoms with Crippen molar-refractivity contribution in [2.45, 2.75) is 39.8 Å². The van der Waals surface area contributed by atoms with Gasteiger partial charge in [-0.2, -0.15) is 5.26 Å². The fourth-order valence-corrected chi connectivity index (χ4v) is 4.37. The normalized spacial score (nSPS) is 20.9. The summed E-state index contributed by atoms with van der Waals surface area (Å²) >= 11 is 0. The number of carboxylic acids is 1. The summed E-state index contributed by atoms with van der Waals surface area (Å²) in [4.78, 5) is 14.5. The maximum atomic E-state index is 12.5. The Balaban J connectivity index is 2.36. The van der Waals surface area contributed by atoms with Crippen molar-refractivity contribution >= 4 is 5.97 Å².